The summed E-state index contributed by atoms with van der Waals surface area (Å²) < 4.78 is 13.4. The summed E-state index contributed by atoms with van der Waals surface area (Å²) in [6.45, 7) is 1.61. The third-order valence-electron chi connectivity index (χ3n) is 3.23. The van der Waals surface area contributed by atoms with E-state index in [0.29, 0.717) is 5.69 Å². The molecule has 18 heavy (non-hydrogen) atoms. The number of nitrogens with one attached hydrogen (secondary N) is 1. The van der Waals surface area contributed by atoms with E-state index in [1.807, 2.05) is 11.9 Å². The number of rotatable bonds is 4. The summed E-state index contributed by atoms with van der Waals surface area (Å²) in [4.78, 5) is 12.2. The average molecular weight is 253 g/mol. The first-order chi connectivity index (χ1) is 8.61. The first-order valence-electron chi connectivity index (χ1n) is 5.98. The average Bonchev–Trinajstić information content (AvgIpc) is 2.77. The largest absolute Gasteiger partial charge is 0.367 e. The van der Waals surface area contributed by atoms with Crippen LogP contribution < -0.4 is 10.2 Å². The minimum Gasteiger partial charge on any atom is -0.367 e. The zero-order valence-electron chi connectivity index (χ0n) is 10.2. The Hall–Kier alpha value is -1.69. The Morgan fingerprint density at radius 1 is 1.56 bits per heavy atom. The van der Waals surface area contributed by atoms with Gasteiger partial charge in [-0.1, -0.05) is 0 Å². The summed E-state index contributed by atoms with van der Waals surface area (Å²) in [5.74, 6) is -0.561. The maximum Gasteiger partial charge on any atom is 0.274 e. The van der Waals surface area contributed by atoms with Crippen LogP contribution >= 0.6 is 0 Å². The van der Waals surface area contributed by atoms with Gasteiger partial charge in [-0.3, -0.25) is 10.1 Å². The van der Waals surface area contributed by atoms with Gasteiger partial charge in [-0.05, 0) is 26.0 Å². The fraction of sp³-hybridized carbons (Fsp3) is 0.500. The molecule has 1 N–H and O–H groups in total. The smallest absolute Gasteiger partial charge is 0.274 e. The van der Waals surface area contributed by atoms with Crippen LogP contribution in [-0.4, -0.2) is 31.1 Å². The standard InChI is InChI=1S/C12H16FN3O2/c1-14-8-10-3-2-4-15(10)11-5-9(13)6-12(7-11)16(17)18/h5-7,10,14H,2-4,8H2,1H3. The van der Waals surface area contributed by atoms with Crippen LogP contribution in [0.15, 0.2) is 18.2 Å². The lowest BCUT2D eigenvalue weighted by atomic mass is 10.2. The predicted molar refractivity (Wildman–Crippen MR) is 67.3 cm³/mol. The molecule has 2 rings (SSSR count). The van der Waals surface area contributed by atoms with Crippen molar-refractivity contribution in [2.45, 2.75) is 18.9 Å². The van der Waals surface area contributed by atoms with Crippen molar-refractivity contribution in [2.75, 3.05) is 25.0 Å². The normalized spacial score (nSPS) is 19.2. The number of hydrogen-bond donors (Lipinski definition) is 1. The Balaban J connectivity index is 2.29. The zero-order valence-corrected chi connectivity index (χ0v) is 10.2. The van der Waals surface area contributed by atoms with Crippen molar-refractivity contribution in [3.8, 4) is 0 Å². The van der Waals surface area contributed by atoms with E-state index in [1.165, 1.54) is 12.1 Å². The fourth-order valence-corrected chi connectivity index (χ4v) is 2.45. The lowest BCUT2D eigenvalue weighted by Gasteiger charge is -2.26. The van der Waals surface area contributed by atoms with Crippen molar-refractivity contribution in [3.05, 3.63) is 34.1 Å². The molecule has 1 fully saturated rings. The molecule has 6 heteroatoms. The minimum absolute atomic E-state index is 0.194. The molecule has 0 aromatic heterocycles. The van der Waals surface area contributed by atoms with Gasteiger partial charge in [-0.2, -0.15) is 0 Å². The van der Waals surface area contributed by atoms with Crippen molar-refractivity contribution in [3.63, 3.8) is 0 Å². The Morgan fingerprint density at radius 2 is 2.33 bits per heavy atom. The second-order valence-corrected chi connectivity index (χ2v) is 4.47. The van der Waals surface area contributed by atoms with E-state index in [9.17, 15) is 14.5 Å². The van der Waals surface area contributed by atoms with E-state index >= 15 is 0 Å². The van der Waals surface area contributed by atoms with E-state index in [2.05, 4.69) is 5.32 Å². The molecule has 1 unspecified atom stereocenters. The molecule has 5 nitrogen and oxygen atoms in total. The predicted octanol–water partition coefficient (Wildman–Crippen LogP) is 1.92. The fourth-order valence-electron chi connectivity index (χ4n) is 2.45. The second-order valence-electron chi connectivity index (χ2n) is 4.47. The van der Waals surface area contributed by atoms with Gasteiger partial charge in [-0.25, -0.2) is 4.39 Å². The van der Waals surface area contributed by atoms with Gasteiger partial charge in [0.1, 0.15) is 5.82 Å². The van der Waals surface area contributed by atoms with Crippen molar-refractivity contribution < 1.29 is 9.31 Å². The molecule has 0 amide bonds. The Morgan fingerprint density at radius 3 is 3.00 bits per heavy atom. The molecule has 0 aliphatic carbocycles. The zero-order chi connectivity index (χ0) is 13.1. The summed E-state index contributed by atoms with van der Waals surface area (Å²) in [6, 6.07) is 4.03. The molecule has 1 heterocycles. The monoisotopic (exact) mass is 253 g/mol. The van der Waals surface area contributed by atoms with Gasteiger partial charge in [0.05, 0.1) is 11.0 Å². The van der Waals surface area contributed by atoms with Crippen LogP contribution in [0.1, 0.15) is 12.8 Å². The van der Waals surface area contributed by atoms with Gasteiger partial charge in [-0.15, -0.1) is 0 Å². The number of halogens is 1. The summed E-state index contributed by atoms with van der Waals surface area (Å²) >= 11 is 0. The SMILES string of the molecule is CNCC1CCCN1c1cc(F)cc([N+](=O)[O-])c1. The van der Waals surface area contributed by atoms with Crippen molar-refractivity contribution in [1.82, 2.24) is 5.32 Å². The van der Waals surface area contributed by atoms with Crippen LogP contribution in [0.3, 0.4) is 0 Å². The number of nitrogens with zero attached hydrogens (tertiary/aromatic N) is 2. The van der Waals surface area contributed by atoms with Crippen molar-refractivity contribution in [1.29, 1.82) is 0 Å². The molecule has 1 saturated heterocycles. The van der Waals surface area contributed by atoms with Gasteiger partial charge in [0, 0.05) is 30.9 Å². The van der Waals surface area contributed by atoms with Crippen LogP contribution in [-0.2, 0) is 0 Å². The number of nitro groups is 1. The van der Waals surface area contributed by atoms with Crippen LogP contribution in [0.5, 0.6) is 0 Å². The van der Waals surface area contributed by atoms with Gasteiger partial charge >= 0.3 is 0 Å². The van der Waals surface area contributed by atoms with Crippen LogP contribution in [0.2, 0.25) is 0 Å². The molecule has 0 radical (unpaired) electrons. The van der Waals surface area contributed by atoms with Crippen molar-refractivity contribution in [2.24, 2.45) is 0 Å². The number of benzene rings is 1. The molecule has 1 aromatic rings. The third kappa shape index (κ3) is 2.59. The molecule has 1 atom stereocenters. The highest BCUT2D eigenvalue weighted by Crippen LogP contribution is 2.29. The maximum atomic E-state index is 13.4. The quantitative estimate of drug-likeness (QED) is 0.658. The number of non-ortho nitro benzene ring substituents is 1. The summed E-state index contributed by atoms with van der Waals surface area (Å²) in [7, 11) is 1.87. The Bertz CT molecular complexity index is 453. The topological polar surface area (TPSA) is 58.4 Å². The van der Waals surface area contributed by atoms with Gasteiger partial charge < -0.3 is 10.2 Å². The Labute approximate surface area is 105 Å². The van der Waals surface area contributed by atoms with Crippen LogP contribution in [0, 0.1) is 15.9 Å². The summed E-state index contributed by atoms with van der Waals surface area (Å²) in [5, 5.41) is 13.8. The highest BCUT2D eigenvalue weighted by atomic mass is 19.1. The van der Waals surface area contributed by atoms with Gasteiger partial charge in [0.2, 0.25) is 0 Å². The Kier molecular flexibility index (Phi) is 3.76. The molecular formula is C12H16FN3O2. The molecule has 1 aliphatic rings. The van der Waals surface area contributed by atoms with E-state index in [0.717, 1.165) is 32.0 Å². The van der Waals surface area contributed by atoms with Gasteiger partial charge in [0.15, 0.2) is 0 Å². The summed E-state index contributed by atoms with van der Waals surface area (Å²) in [6.07, 6.45) is 2.04. The van der Waals surface area contributed by atoms with E-state index in [-0.39, 0.29) is 11.7 Å². The first-order valence-corrected chi connectivity index (χ1v) is 5.98. The van der Waals surface area contributed by atoms with E-state index in [1.54, 1.807) is 0 Å². The van der Waals surface area contributed by atoms with Crippen molar-refractivity contribution >= 4 is 11.4 Å². The lowest BCUT2D eigenvalue weighted by Crippen LogP contribution is -2.36. The van der Waals surface area contributed by atoms with E-state index in [4.69, 9.17) is 0 Å². The minimum atomic E-state index is -0.561. The first kappa shape index (κ1) is 12.8. The molecule has 0 saturated carbocycles. The molecule has 1 aliphatic heterocycles. The second kappa shape index (κ2) is 5.30. The lowest BCUT2D eigenvalue weighted by molar-refractivity contribution is -0.385. The number of likely N-dealkylation sites (N-methyl/N-ethyl adjacent to an activating group) is 1. The number of anilines is 1. The molecular weight excluding hydrogens is 237 g/mol. The highest BCUT2D eigenvalue weighted by Gasteiger charge is 2.25. The molecule has 1 aromatic carbocycles. The van der Waals surface area contributed by atoms with Crippen LogP contribution in [0.25, 0.3) is 0 Å². The number of nitro benzene ring substituents is 1. The highest BCUT2D eigenvalue weighted by molar-refractivity contribution is 5.55. The summed E-state index contributed by atoms with van der Waals surface area (Å²) in [5.41, 5.74) is 0.402. The molecule has 0 bridgehead atoms. The van der Waals surface area contributed by atoms with Gasteiger partial charge in [0.25, 0.3) is 5.69 Å². The maximum absolute atomic E-state index is 13.4. The molecule has 0 spiro atoms. The number of hydrogen-bond acceptors (Lipinski definition) is 4. The van der Waals surface area contributed by atoms with E-state index < -0.39 is 10.7 Å². The third-order valence-corrected chi connectivity index (χ3v) is 3.23. The molecule has 98 valence electrons. The van der Waals surface area contributed by atoms with Crippen LogP contribution in [0.4, 0.5) is 15.8 Å².